The number of hydrogen-bond donors (Lipinski definition) is 0. The zero-order chi connectivity index (χ0) is 14.2. The topological polar surface area (TPSA) is 48.5 Å². The lowest BCUT2D eigenvalue weighted by Gasteiger charge is -1.99. The fourth-order valence-corrected chi connectivity index (χ4v) is 2.42. The lowest BCUT2D eigenvalue weighted by molar-refractivity contribution is 0.848. The number of rotatable bonds is 2. The summed E-state index contributed by atoms with van der Waals surface area (Å²) in [5.41, 5.74) is 2.20. The van der Waals surface area contributed by atoms with Crippen molar-refractivity contribution in [2.75, 3.05) is 0 Å². The van der Waals surface area contributed by atoms with Crippen molar-refractivity contribution in [2.24, 2.45) is 7.05 Å². The van der Waals surface area contributed by atoms with E-state index in [1.807, 2.05) is 37.5 Å². The van der Waals surface area contributed by atoms with Gasteiger partial charge in [0.1, 0.15) is 6.33 Å². The van der Waals surface area contributed by atoms with Crippen LogP contribution in [0, 0.1) is 0 Å². The first kappa shape index (κ1) is 11.8. The Morgan fingerprint density at radius 2 is 1.95 bits per heavy atom. The van der Waals surface area contributed by atoms with E-state index in [4.69, 9.17) is 0 Å². The molecular formula is C16H13N5. The van der Waals surface area contributed by atoms with E-state index in [-0.39, 0.29) is 0 Å². The van der Waals surface area contributed by atoms with Gasteiger partial charge in [0, 0.05) is 35.9 Å². The normalized spacial score (nSPS) is 11.1. The van der Waals surface area contributed by atoms with Crippen molar-refractivity contribution in [3.63, 3.8) is 0 Å². The van der Waals surface area contributed by atoms with Crippen molar-refractivity contribution in [3.8, 4) is 17.2 Å². The third kappa shape index (κ3) is 1.99. The number of hydrogen-bond acceptors (Lipinski definition) is 3. The third-order valence-corrected chi connectivity index (χ3v) is 3.52. The highest BCUT2D eigenvalue weighted by molar-refractivity contribution is 5.84. The number of aromatic nitrogens is 5. The van der Waals surface area contributed by atoms with E-state index in [0.29, 0.717) is 5.82 Å². The Bertz CT molecular complexity index is 905. The maximum atomic E-state index is 4.50. The molecule has 5 heteroatoms. The molecule has 0 saturated carbocycles. The molecule has 3 aromatic heterocycles. The summed E-state index contributed by atoms with van der Waals surface area (Å²) in [7, 11) is 2.04. The molecule has 0 bridgehead atoms. The Morgan fingerprint density at radius 3 is 2.81 bits per heavy atom. The highest BCUT2D eigenvalue weighted by Crippen LogP contribution is 2.22. The minimum Gasteiger partial charge on any atom is -0.351 e. The van der Waals surface area contributed by atoms with Crippen molar-refractivity contribution in [2.45, 2.75) is 0 Å². The van der Waals surface area contributed by atoms with Crippen molar-refractivity contribution in [3.05, 3.63) is 61.2 Å². The lowest BCUT2D eigenvalue weighted by Crippen LogP contribution is -1.97. The minimum absolute atomic E-state index is 0.700. The summed E-state index contributed by atoms with van der Waals surface area (Å²) in [6, 6.07) is 14.0. The second-order valence-corrected chi connectivity index (χ2v) is 4.90. The Hall–Kier alpha value is -2.95. The van der Waals surface area contributed by atoms with E-state index in [1.165, 1.54) is 10.9 Å². The standard InChI is InChI=1S/C16H13N5/c1-20-9-7-12-10-13(5-6-14(12)20)16-18-11-21(19-16)15-4-2-3-8-17-15/h2-11H,1H3. The highest BCUT2D eigenvalue weighted by atomic mass is 15.4. The predicted molar refractivity (Wildman–Crippen MR) is 81.1 cm³/mol. The molecular weight excluding hydrogens is 262 g/mol. The van der Waals surface area contributed by atoms with Crippen molar-refractivity contribution in [1.82, 2.24) is 24.3 Å². The maximum absolute atomic E-state index is 4.50. The first-order valence-electron chi connectivity index (χ1n) is 6.70. The number of pyridine rings is 1. The van der Waals surface area contributed by atoms with Crippen LogP contribution in [0.2, 0.25) is 0 Å². The zero-order valence-corrected chi connectivity index (χ0v) is 11.5. The van der Waals surface area contributed by atoms with E-state index < -0.39 is 0 Å². The van der Waals surface area contributed by atoms with Crippen molar-refractivity contribution >= 4 is 10.9 Å². The van der Waals surface area contributed by atoms with Crippen LogP contribution in [-0.4, -0.2) is 24.3 Å². The van der Waals surface area contributed by atoms with Crippen LogP contribution in [0.15, 0.2) is 61.2 Å². The van der Waals surface area contributed by atoms with Gasteiger partial charge in [-0.25, -0.2) is 14.6 Å². The summed E-state index contributed by atoms with van der Waals surface area (Å²) in [6.45, 7) is 0. The van der Waals surface area contributed by atoms with Crippen molar-refractivity contribution in [1.29, 1.82) is 0 Å². The molecule has 0 aliphatic carbocycles. The molecule has 0 spiro atoms. The van der Waals surface area contributed by atoms with E-state index in [2.05, 4.69) is 37.8 Å². The van der Waals surface area contributed by atoms with Gasteiger partial charge in [-0.15, -0.1) is 5.10 Å². The van der Waals surface area contributed by atoms with Gasteiger partial charge in [0.2, 0.25) is 0 Å². The summed E-state index contributed by atoms with van der Waals surface area (Å²) < 4.78 is 3.78. The Kier molecular flexibility index (Phi) is 2.57. The molecule has 0 saturated heterocycles. The van der Waals surface area contributed by atoms with Crippen LogP contribution in [0.25, 0.3) is 28.1 Å². The fraction of sp³-hybridized carbons (Fsp3) is 0.0625. The quantitative estimate of drug-likeness (QED) is 0.565. The molecule has 4 aromatic rings. The van der Waals surface area contributed by atoms with Crippen LogP contribution in [0.3, 0.4) is 0 Å². The van der Waals surface area contributed by atoms with Crippen LogP contribution < -0.4 is 0 Å². The lowest BCUT2D eigenvalue weighted by atomic mass is 10.1. The smallest absolute Gasteiger partial charge is 0.181 e. The van der Waals surface area contributed by atoms with Gasteiger partial charge >= 0.3 is 0 Å². The Balaban J connectivity index is 1.77. The fourth-order valence-electron chi connectivity index (χ4n) is 2.42. The van der Waals surface area contributed by atoms with Crippen LogP contribution >= 0.6 is 0 Å². The van der Waals surface area contributed by atoms with E-state index in [0.717, 1.165) is 11.4 Å². The number of nitrogens with zero attached hydrogens (tertiary/aromatic N) is 5. The second kappa shape index (κ2) is 4.56. The van der Waals surface area contributed by atoms with Crippen LogP contribution in [0.5, 0.6) is 0 Å². The molecule has 3 heterocycles. The monoisotopic (exact) mass is 275 g/mol. The molecule has 0 unspecified atom stereocenters. The summed E-state index contributed by atoms with van der Waals surface area (Å²) in [5.74, 6) is 1.46. The van der Waals surface area contributed by atoms with Gasteiger partial charge in [-0.1, -0.05) is 6.07 Å². The second-order valence-electron chi connectivity index (χ2n) is 4.90. The summed E-state index contributed by atoms with van der Waals surface area (Å²) in [5, 5.41) is 5.69. The molecule has 0 fully saturated rings. The molecule has 0 radical (unpaired) electrons. The zero-order valence-electron chi connectivity index (χ0n) is 11.5. The molecule has 21 heavy (non-hydrogen) atoms. The third-order valence-electron chi connectivity index (χ3n) is 3.52. The molecule has 102 valence electrons. The van der Waals surface area contributed by atoms with Crippen LogP contribution in [-0.2, 0) is 7.05 Å². The van der Waals surface area contributed by atoms with Gasteiger partial charge in [0.15, 0.2) is 11.6 Å². The van der Waals surface area contributed by atoms with Crippen molar-refractivity contribution < 1.29 is 0 Å². The average molecular weight is 275 g/mol. The van der Waals surface area contributed by atoms with Gasteiger partial charge in [-0.2, -0.15) is 0 Å². The van der Waals surface area contributed by atoms with E-state index in [9.17, 15) is 0 Å². The van der Waals surface area contributed by atoms with E-state index in [1.54, 1.807) is 17.2 Å². The van der Waals surface area contributed by atoms with Gasteiger partial charge in [0.05, 0.1) is 0 Å². The van der Waals surface area contributed by atoms with Gasteiger partial charge < -0.3 is 4.57 Å². The van der Waals surface area contributed by atoms with E-state index >= 15 is 0 Å². The molecule has 0 N–H and O–H groups in total. The molecule has 0 aliphatic rings. The summed E-state index contributed by atoms with van der Waals surface area (Å²) in [6.07, 6.45) is 5.48. The first-order chi connectivity index (χ1) is 10.3. The van der Waals surface area contributed by atoms with Gasteiger partial charge in [0.25, 0.3) is 0 Å². The number of fused-ring (bicyclic) bond motifs is 1. The Labute approximate surface area is 121 Å². The minimum atomic E-state index is 0.700. The molecule has 0 atom stereocenters. The summed E-state index contributed by atoms with van der Waals surface area (Å²) in [4.78, 5) is 8.65. The largest absolute Gasteiger partial charge is 0.351 e. The molecule has 0 aliphatic heterocycles. The number of aryl methyl sites for hydroxylation is 1. The molecule has 4 rings (SSSR count). The van der Waals surface area contributed by atoms with Crippen LogP contribution in [0.4, 0.5) is 0 Å². The van der Waals surface area contributed by atoms with Crippen LogP contribution in [0.1, 0.15) is 0 Å². The Morgan fingerprint density at radius 1 is 1.00 bits per heavy atom. The predicted octanol–water partition coefficient (Wildman–Crippen LogP) is 2.82. The molecule has 0 amide bonds. The number of benzene rings is 1. The van der Waals surface area contributed by atoms with Gasteiger partial charge in [-0.3, -0.25) is 0 Å². The highest BCUT2D eigenvalue weighted by Gasteiger charge is 2.07. The molecule has 1 aromatic carbocycles. The average Bonchev–Trinajstić information content (AvgIpc) is 3.15. The summed E-state index contributed by atoms with van der Waals surface area (Å²) >= 11 is 0. The first-order valence-corrected chi connectivity index (χ1v) is 6.70. The van der Waals surface area contributed by atoms with Gasteiger partial charge in [-0.05, 0) is 36.4 Å². The molecule has 5 nitrogen and oxygen atoms in total. The maximum Gasteiger partial charge on any atom is 0.181 e. The SMILES string of the molecule is Cn1ccc2cc(-c3ncn(-c4ccccn4)n3)ccc21.